The van der Waals surface area contributed by atoms with Gasteiger partial charge in [-0.05, 0) is 66.9 Å². The van der Waals surface area contributed by atoms with Crippen molar-refractivity contribution in [2.24, 2.45) is 11.3 Å². The average molecular weight is 471 g/mol. The second kappa shape index (κ2) is 8.04. The van der Waals surface area contributed by atoms with Crippen LogP contribution in [-0.2, 0) is 0 Å². The Labute approximate surface area is 204 Å². The van der Waals surface area contributed by atoms with Gasteiger partial charge >= 0.3 is 0 Å². The fraction of sp³-hybridized carbons (Fsp3) is 0.207. The van der Waals surface area contributed by atoms with Gasteiger partial charge in [-0.3, -0.25) is 4.79 Å². The van der Waals surface area contributed by atoms with Crippen molar-refractivity contribution < 1.29 is 9.18 Å². The van der Waals surface area contributed by atoms with Gasteiger partial charge in [0.05, 0.1) is 16.3 Å². The lowest BCUT2D eigenvalue weighted by molar-refractivity contribution is 0.102. The zero-order chi connectivity index (χ0) is 24.2. The van der Waals surface area contributed by atoms with Crippen molar-refractivity contribution in [2.75, 3.05) is 10.6 Å². The van der Waals surface area contributed by atoms with Crippen LogP contribution in [0.2, 0.25) is 5.02 Å². The number of hydrogen-bond donors (Lipinski definition) is 2. The van der Waals surface area contributed by atoms with Gasteiger partial charge in [-0.2, -0.15) is 0 Å². The van der Waals surface area contributed by atoms with Gasteiger partial charge in [0.1, 0.15) is 5.82 Å². The van der Waals surface area contributed by atoms with Crippen molar-refractivity contribution in [2.45, 2.75) is 26.7 Å². The molecule has 0 aliphatic heterocycles. The summed E-state index contributed by atoms with van der Waals surface area (Å²) >= 11 is 6.30. The van der Waals surface area contributed by atoms with Crippen molar-refractivity contribution in [3.63, 3.8) is 0 Å². The number of rotatable bonds is 5. The Balaban J connectivity index is 1.31. The van der Waals surface area contributed by atoms with E-state index in [1.165, 1.54) is 28.8 Å². The lowest BCUT2D eigenvalue weighted by Crippen LogP contribution is -2.17. The van der Waals surface area contributed by atoms with Gasteiger partial charge in [-0.1, -0.05) is 48.7 Å². The Morgan fingerprint density at radius 2 is 1.85 bits per heavy atom. The van der Waals surface area contributed by atoms with Gasteiger partial charge in [0.2, 0.25) is 0 Å². The van der Waals surface area contributed by atoms with E-state index in [0.29, 0.717) is 17.4 Å². The molecule has 0 spiro atoms. The molecular weight excluding hydrogens is 447 g/mol. The molecule has 34 heavy (non-hydrogen) atoms. The zero-order valence-corrected chi connectivity index (χ0v) is 19.9. The second-order valence-corrected chi connectivity index (χ2v) is 9.78. The normalized spacial score (nSPS) is 22.1. The van der Waals surface area contributed by atoms with E-state index in [-0.39, 0.29) is 21.7 Å². The number of nitrogens with one attached hydrogen (secondary N) is 2. The molecule has 2 aliphatic rings. The Kier molecular flexibility index (Phi) is 5.26. The molecule has 0 aromatic heterocycles. The number of hydrogen-bond acceptors (Lipinski definition) is 2. The molecule has 2 N–H and O–H groups in total. The summed E-state index contributed by atoms with van der Waals surface area (Å²) in [7, 11) is 0. The van der Waals surface area contributed by atoms with Crippen molar-refractivity contribution in [1.29, 1.82) is 0 Å². The molecule has 0 radical (unpaired) electrons. The van der Waals surface area contributed by atoms with E-state index in [1.807, 2.05) is 6.07 Å². The van der Waals surface area contributed by atoms with E-state index < -0.39 is 11.7 Å². The lowest BCUT2D eigenvalue weighted by Gasteiger charge is -2.22. The number of aryl methyl sites for hydroxylation is 2. The minimum absolute atomic E-state index is 0.0464. The van der Waals surface area contributed by atoms with E-state index in [4.69, 9.17) is 18.0 Å². The summed E-state index contributed by atoms with van der Waals surface area (Å²) in [6.45, 7) is 6.56. The SMILES string of the molecule is C#Cc1ccc(NC(=O)c2cc(NC3=CC4(C)C3C4c3ccc(C)c(C)c3)ccc2Cl)c(F)c1. The molecule has 170 valence electrons. The van der Waals surface area contributed by atoms with E-state index in [0.717, 1.165) is 11.4 Å². The highest BCUT2D eigenvalue weighted by molar-refractivity contribution is 6.34. The summed E-state index contributed by atoms with van der Waals surface area (Å²) in [4.78, 5) is 12.8. The number of anilines is 2. The van der Waals surface area contributed by atoms with Crippen LogP contribution in [0.25, 0.3) is 0 Å². The van der Waals surface area contributed by atoms with E-state index in [2.05, 4.69) is 61.6 Å². The molecule has 0 heterocycles. The molecule has 0 bridgehead atoms. The third-order valence-electron chi connectivity index (χ3n) is 7.14. The first-order valence-electron chi connectivity index (χ1n) is 11.2. The van der Waals surface area contributed by atoms with Crippen LogP contribution in [0.3, 0.4) is 0 Å². The Hall–Kier alpha value is -3.55. The molecule has 0 saturated heterocycles. The largest absolute Gasteiger partial charge is 0.359 e. The summed E-state index contributed by atoms with van der Waals surface area (Å²) in [6, 6.07) is 16.1. The van der Waals surface area contributed by atoms with Gasteiger partial charge in [0.25, 0.3) is 5.91 Å². The molecule has 3 unspecified atom stereocenters. The van der Waals surface area contributed by atoms with Crippen LogP contribution < -0.4 is 10.6 Å². The van der Waals surface area contributed by atoms with Crippen LogP contribution in [0.5, 0.6) is 0 Å². The molecule has 3 aromatic rings. The highest BCUT2D eigenvalue weighted by Gasteiger charge is 2.68. The van der Waals surface area contributed by atoms with Gasteiger partial charge < -0.3 is 10.6 Å². The fourth-order valence-corrected chi connectivity index (χ4v) is 5.22. The second-order valence-electron chi connectivity index (χ2n) is 9.38. The topological polar surface area (TPSA) is 41.1 Å². The monoisotopic (exact) mass is 470 g/mol. The quantitative estimate of drug-likeness (QED) is 0.392. The molecule has 3 atom stereocenters. The number of halogens is 2. The summed E-state index contributed by atoms with van der Waals surface area (Å²) in [6.07, 6.45) is 7.57. The van der Waals surface area contributed by atoms with Gasteiger partial charge in [-0.25, -0.2) is 4.39 Å². The smallest absolute Gasteiger partial charge is 0.257 e. The zero-order valence-electron chi connectivity index (χ0n) is 19.2. The van der Waals surface area contributed by atoms with Gasteiger partial charge in [0.15, 0.2) is 0 Å². The maximum atomic E-state index is 14.3. The van der Waals surface area contributed by atoms with Crippen molar-refractivity contribution in [3.8, 4) is 12.3 Å². The number of carbonyl (C=O) groups is 1. The highest BCUT2D eigenvalue weighted by Crippen LogP contribution is 2.75. The first-order valence-corrected chi connectivity index (χ1v) is 11.5. The maximum absolute atomic E-state index is 14.3. The Bertz CT molecular complexity index is 1420. The predicted molar refractivity (Wildman–Crippen MR) is 136 cm³/mol. The first kappa shape index (κ1) is 22.3. The standard InChI is InChI=1S/C29H24ClFN2O/c1-5-18-7-11-24(23(31)13-18)33-28(34)21-14-20(9-10-22(21)30)32-25-15-29(4)26(27(25)29)19-8-6-16(2)17(3)12-19/h1,6-15,26-27,32H,2-4H3,(H,33,34). The van der Waals surface area contributed by atoms with Crippen LogP contribution in [-0.4, -0.2) is 5.91 Å². The van der Waals surface area contributed by atoms with Crippen LogP contribution in [0, 0.1) is 43.3 Å². The third kappa shape index (κ3) is 3.67. The molecule has 1 fully saturated rings. The van der Waals surface area contributed by atoms with Crippen LogP contribution in [0.15, 0.2) is 66.4 Å². The molecule has 5 heteroatoms. The van der Waals surface area contributed by atoms with Crippen molar-refractivity contribution in [1.82, 2.24) is 0 Å². The first-order chi connectivity index (χ1) is 16.2. The number of terminal acetylenes is 1. The summed E-state index contributed by atoms with van der Waals surface area (Å²) < 4.78 is 14.3. The molecule has 1 amide bonds. The van der Waals surface area contributed by atoms with E-state index in [1.54, 1.807) is 18.2 Å². The maximum Gasteiger partial charge on any atom is 0.257 e. The van der Waals surface area contributed by atoms with Crippen molar-refractivity contribution >= 4 is 28.9 Å². The third-order valence-corrected chi connectivity index (χ3v) is 7.47. The lowest BCUT2D eigenvalue weighted by atomic mass is 9.92. The van der Waals surface area contributed by atoms with Gasteiger partial charge in [-0.15, -0.1) is 6.42 Å². The number of benzene rings is 3. The minimum Gasteiger partial charge on any atom is -0.359 e. The fourth-order valence-electron chi connectivity index (χ4n) is 5.02. The summed E-state index contributed by atoms with van der Waals surface area (Å²) in [5, 5.41) is 6.33. The highest BCUT2D eigenvalue weighted by atomic mass is 35.5. The molecule has 3 aromatic carbocycles. The van der Waals surface area contributed by atoms with Crippen LogP contribution in [0.4, 0.5) is 15.8 Å². The van der Waals surface area contributed by atoms with Crippen LogP contribution in [0.1, 0.15) is 45.5 Å². The predicted octanol–water partition coefficient (Wildman–Crippen LogP) is 7.06. The van der Waals surface area contributed by atoms with E-state index >= 15 is 0 Å². The van der Waals surface area contributed by atoms with Crippen LogP contribution >= 0.6 is 11.6 Å². The molecule has 5 rings (SSSR count). The minimum atomic E-state index is -0.598. The van der Waals surface area contributed by atoms with E-state index in [9.17, 15) is 9.18 Å². The molecular formula is C29H24ClFN2O. The number of amides is 1. The number of allylic oxidation sites excluding steroid dienone is 2. The number of carbonyl (C=O) groups excluding carboxylic acids is 1. The Morgan fingerprint density at radius 1 is 1.06 bits per heavy atom. The van der Waals surface area contributed by atoms with Crippen molar-refractivity contribution in [3.05, 3.63) is 105 Å². The number of fused-ring (bicyclic) bond motifs is 1. The molecule has 3 nitrogen and oxygen atoms in total. The van der Waals surface area contributed by atoms with Gasteiger partial charge in [0, 0.05) is 34.2 Å². The summed E-state index contributed by atoms with van der Waals surface area (Å²) in [5.74, 6) is 2.16. The molecule has 2 aliphatic carbocycles. The average Bonchev–Trinajstić information content (AvgIpc) is 3.31. The molecule has 1 saturated carbocycles. The Morgan fingerprint density at radius 3 is 2.56 bits per heavy atom. The summed E-state index contributed by atoms with van der Waals surface area (Å²) in [5.41, 5.74) is 6.75.